The first-order chi connectivity index (χ1) is 7.38. The average molecular weight is 253 g/mol. The first kappa shape index (κ1) is 11.2. The molecule has 1 aromatic carbocycles. The number of halogens is 5. The molecule has 16 heavy (non-hydrogen) atoms. The van der Waals surface area contributed by atoms with Crippen LogP contribution >= 0.6 is 11.6 Å². The van der Waals surface area contributed by atoms with Gasteiger partial charge < -0.3 is 4.98 Å². The lowest BCUT2D eigenvalue weighted by atomic mass is 10.3. The molecule has 0 amide bonds. The van der Waals surface area contributed by atoms with Gasteiger partial charge in [-0.1, -0.05) is 11.6 Å². The Kier molecular flexibility index (Phi) is 2.53. The third kappa shape index (κ3) is 1.97. The third-order valence-corrected chi connectivity index (χ3v) is 2.22. The van der Waals surface area contributed by atoms with Crippen molar-refractivity contribution in [2.24, 2.45) is 0 Å². The lowest BCUT2D eigenvalue weighted by molar-refractivity contribution is -0.184. The van der Waals surface area contributed by atoms with Crippen molar-refractivity contribution in [2.75, 3.05) is 0 Å². The van der Waals surface area contributed by atoms with Crippen molar-refractivity contribution in [1.82, 2.24) is 9.97 Å². The normalized spacial score (nSPS) is 14.3. The molecule has 0 aliphatic carbocycles. The van der Waals surface area contributed by atoms with Crippen molar-refractivity contribution >= 4 is 22.6 Å². The van der Waals surface area contributed by atoms with Crippen LogP contribution in [0.15, 0.2) is 18.2 Å². The van der Waals surface area contributed by atoms with Gasteiger partial charge in [0.1, 0.15) is 0 Å². The lowest BCUT2D eigenvalue weighted by Gasteiger charge is -2.08. The highest BCUT2D eigenvalue weighted by molar-refractivity contribution is 6.31. The fourth-order valence-corrected chi connectivity index (χ4v) is 1.45. The molecule has 86 valence electrons. The summed E-state index contributed by atoms with van der Waals surface area (Å²) in [6.07, 6.45) is -8.07. The second kappa shape index (κ2) is 3.62. The molecule has 1 aromatic heterocycles. The molecule has 0 saturated carbocycles. The number of hydrogen-bond acceptors (Lipinski definition) is 1. The molecule has 0 aliphatic rings. The quantitative estimate of drug-likeness (QED) is 0.769. The average Bonchev–Trinajstić information content (AvgIpc) is 2.57. The van der Waals surface area contributed by atoms with Crippen LogP contribution in [0, 0.1) is 0 Å². The molecule has 2 nitrogen and oxygen atoms in total. The molecule has 2 aromatic rings. The van der Waals surface area contributed by atoms with Crippen LogP contribution in [0.25, 0.3) is 11.0 Å². The van der Waals surface area contributed by atoms with E-state index >= 15 is 0 Å². The van der Waals surface area contributed by atoms with Gasteiger partial charge in [-0.15, -0.1) is 0 Å². The van der Waals surface area contributed by atoms with Crippen LogP contribution in [0.4, 0.5) is 17.6 Å². The molecule has 0 saturated heterocycles. The summed E-state index contributed by atoms with van der Waals surface area (Å²) >= 11 is 5.63. The van der Waals surface area contributed by atoms with Crippen molar-refractivity contribution in [3.8, 4) is 0 Å². The van der Waals surface area contributed by atoms with Crippen LogP contribution in [-0.4, -0.2) is 16.1 Å². The van der Waals surface area contributed by atoms with Crippen molar-refractivity contribution in [3.63, 3.8) is 0 Å². The van der Waals surface area contributed by atoms with Gasteiger partial charge in [-0.05, 0) is 18.2 Å². The van der Waals surface area contributed by atoms with E-state index in [0.717, 1.165) is 0 Å². The van der Waals surface area contributed by atoms with Gasteiger partial charge >= 0.3 is 6.18 Å². The first-order valence-corrected chi connectivity index (χ1v) is 4.61. The zero-order valence-corrected chi connectivity index (χ0v) is 8.40. The number of aromatic nitrogens is 2. The van der Waals surface area contributed by atoms with E-state index in [-0.39, 0.29) is 11.0 Å². The van der Waals surface area contributed by atoms with Crippen molar-refractivity contribution in [3.05, 3.63) is 29.0 Å². The van der Waals surface area contributed by atoms with Gasteiger partial charge in [0.25, 0.3) is 6.17 Å². The number of fused-ring (bicyclic) bond motifs is 1. The molecule has 2 rings (SSSR count). The molecule has 1 N–H and O–H groups in total. The van der Waals surface area contributed by atoms with Crippen molar-refractivity contribution in [1.29, 1.82) is 0 Å². The summed E-state index contributed by atoms with van der Waals surface area (Å²) in [5.41, 5.74) is 0.515. The standard InChI is InChI=1S/C9H5ClF4N2/c10-4-1-2-5-6(3-4)16-8(15-5)7(11)9(12,13)14/h1-3,7H,(H,15,16)/t7-/m0/s1. The maximum Gasteiger partial charge on any atom is 0.427 e. The van der Waals surface area contributed by atoms with Crippen LogP contribution < -0.4 is 0 Å². The molecule has 0 fully saturated rings. The number of rotatable bonds is 1. The Labute approximate surface area is 92.2 Å². The maximum absolute atomic E-state index is 12.9. The van der Waals surface area contributed by atoms with Crippen LogP contribution in [-0.2, 0) is 0 Å². The predicted molar refractivity (Wildman–Crippen MR) is 51.0 cm³/mol. The van der Waals surface area contributed by atoms with E-state index in [9.17, 15) is 17.6 Å². The summed E-state index contributed by atoms with van der Waals surface area (Å²) in [5.74, 6) is -0.759. The summed E-state index contributed by atoms with van der Waals surface area (Å²) < 4.78 is 49.2. The molecule has 0 radical (unpaired) electrons. The Bertz CT molecular complexity index is 520. The second-order valence-electron chi connectivity index (χ2n) is 3.19. The fraction of sp³-hybridized carbons (Fsp3) is 0.222. The van der Waals surface area contributed by atoms with E-state index in [1.54, 1.807) is 0 Å². The molecule has 7 heteroatoms. The number of aromatic amines is 1. The number of nitrogens with zero attached hydrogens (tertiary/aromatic N) is 1. The first-order valence-electron chi connectivity index (χ1n) is 4.24. The van der Waals surface area contributed by atoms with Gasteiger partial charge in [0.05, 0.1) is 11.0 Å². The number of alkyl halides is 4. The summed E-state index contributed by atoms with van der Waals surface area (Å²) in [6, 6.07) is 4.27. The van der Waals surface area contributed by atoms with Crippen LogP contribution in [0.2, 0.25) is 5.02 Å². The highest BCUT2D eigenvalue weighted by atomic mass is 35.5. The van der Waals surface area contributed by atoms with Gasteiger partial charge in [0.2, 0.25) is 0 Å². The Morgan fingerprint density at radius 1 is 1.31 bits per heavy atom. The van der Waals surface area contributed by atoms with E-state index in [1.165, 1.54) is 18.2 Å². The van der Waals surface area contributed by atoms with Crippen molar-refractivity contribution < 1.29 is 17.6 Å². The zero-order valence-electron chi connectivity index (χ0n) is 7.65. The molecule has 0 unspecified atom stereocenters. The predicted octanol–water partition coefficient (Wildman–Crippen LogP) is 3.79. The lowest BCUT2D eigenvalue weighted by Crippen LogP contribution is -2.17. The molecular formula is C9H5ClF4N2. The molecule has 1 atom stereocenters. The number of nitrogens with one attached hydrogen (secondary N) is 1. The number of hydrogen-bond donors (Lipinski definition) is 1. The van der Waals surface area contributed by atoms with E-state index in [4.69, 9.17) is 11.6 Å². The van der Waals surface area contributed by atoms with E-state index < -0.39 is 18.2 Å². The fourth-order valence-electron chi connectivity index (χ4n) is 1.28. The molecule has 0 bridgehead atoms. The minimum Gasteiger partial charge on any atom is -0.339 e. The maximum atomic E-state index is 12.9. The van der Waals surface area contributed by atoms with Crippen molar-refractivity contribution in [2.45, 2.75) is 12.3 Å². The molecular weight excluding hydrogens is 248 g/mol. The Hall–Kier alpha value is -1.30. The molecule has 1 heterocycles. The Morgan fingerprint density at radius 2 is 2.00 bits per heavy atom. The highest BCUT2D eigenvalue weighted by Crippen LogP contribution is 2.35. The minimum atomic E-state index is -4.96. The van der Waals surface area contributed by atoms with E-state index in [1.807, 2.05) is 0 Å². The SMILES string of the molecule is F[C@@H](c1nc2ccc(Cl)cc2[nH]1)C(F)(F)F. The summed E-state index contributed by atoms with van der Waals surface area (Å²) in [4.78, 5) is 5.76. The summed E-state index contributed by atoms with van der Waals surface area (Å²) in [6.45, 7) is 0. The Morgan fingerprint density at radius 3 is 2.62 bits per heavy atom. The summed E-state index contributed by atoms with van der Waals surface area (Å²) in [5, 5.41) is 0.338. The number of imidazole rings is 1. The van der Waals surface area contributed by atoms with Gasteiger partial charge in [-0.2, -0.15) is 13.2 Å². The van der Waals surface area contributed by atoms with Crippen LogP contribution in [0.1, 0.15) is 12.0 Å². The van der Waals surface area contributed by atoms with Crippen LogP contribution in [0.5, 0.6) is 0 Å². The number of benzene rings is 1. The molecule has 0 spiro atoms. The third-order valence-electron chi connectivity index (χ3n) is 1.99. The topological polar surface area (TPSA) is 28.7 Å². The van der Waals surface area contributed by atoms with E-state index in [2.05, 4.69) is 9.97 Å². The van der Waals surface area contributed by atoms with Gasteiger partial charge in [0, 0.05) is 5.02 Å². The Balaban J connectivity index is 2.47. The van der Waals surface area contributed by atoms with Gasteiger partial charge in [-0.25, -0.2) is 9.37 Å². The minimum absolute atomic E-state index is 0.242. The largest absolute Gasteiger partial charge is 0.427 e. The van der Waals surface area contributed by atoms with Gasteiger partial charge in [0.15, 0.2) is 5.82 Å². The second-order valence-corrected chi connectivity index (χ2v) is 3.62. The van der Waals surface area contributed by atoms with Gasteiger partial charge in [-0.3, -0.25) is 0 Å². The van der Waals surface area contributed by atoms with E-state index in [0.29, 0.717) is 5.02 Å². The smallest absolute Gasteiger partial charge is 0.339 e. The monoisotopic (exact) mass is 252 g/mol. The molecule has 0 aliphatic heterocycles. The highest BCUT2D eigenvalue weighted by Gasteiger charge is 2.43. The number of H-pyrrole nitrogens is 1. The van der Waals surface area contributed by atoms with Crippen LogP contribution in [0.3, 0.4) is 0 Å². The summed E-state index contributed by atoms with van der Waals surface area (Å²) in [7, 11) is 0. The zero-order chi connectivity index (χ0) is 11.9.